The third kappa shape index (κ3) is 20.3. The van der Waals surface area contributed by atoms with Crippen molar-refractivity contribution in [1.29, 1.82) is 0 Å². The van der Waals surface area contributed by atoms with Gasteiger partial charge in [0.1, 0.15) is 6.29 Å². The van der Waals surface area contributed by atoms with Crippen LogP contribution in [-0.4, -0.2) is 135 Å². The first-order valence-electron chi connectivity index (χ1n) is 8.40. The lowest BCUT2D eigenvalue weighted by Crippen LogP contribution is -2.53. The Morgan fingerprint density at radius 1 is 0.567 bits per heavy atom. The van der Waals surface area contributed by atoms with Gasteiger partial charge in [0.25, 0.3) is 0 Å². The Hall–Kier alpha value is -2.44. The first kappa shape index (κ1) is 29.8. The van der Waals surface area contributed by atoms with Gasteiger partial charge < -0.3 is 35.7 Å². The van der Waals surface area contributed by atoms with Crippen LogP contribution >= 0.6 is 0 Å². The molecule has 0 spiro atoms. The Labute approximate surface area is 171 Å². The summed E-state index contributed by atoms with van der Waals surface area (Å²) in [6, 6.07) is 0. The molecule has 30 heavy (non-hydrogen) atoms. The summed E-state index contributed by atoms with van der Waals surface area (Å²) in [6.45, 7) is -2.94. The van der Waals surface area contributed by atoms with Crippen LogP contribution in [0, 0.1) is 0 Å². The smallest absolute Gasteiger partial charge is 0.317 e. The van der Waals surface area contributed by atoms with Crippen LogP contribution in [0.4, 0.5) is 0 Å². The van der Waals surface area contributed by atoms with Crippen LogP contribution < -0.4 is 16.0 Å². The minimum atomic E-state index is -1.23. The van der Waals surface area contributed by atoms with E-state index in [0.29, 0.717) is 0 Å². The number of aliphatic hydroxyl groups excluding tert-OH is 3. The van der Waals surface area contributed by atoms with Gasteiger partial charge in [-0.3, -0.25) is 44.9 Å². The standard InChI is InChI=1S/C10H16N2O8.C4H13N3O3/c13-7(14)3-11(4-8(15)16)1-2-12(5-9(17)18)6-10(19)20;8-1-5-4(6-2-9)7-3-10/h1-6H2,(H,13,14)(H,15,16)(H,17,18)(H,19,20);4-10H,1-3H2. The van der Waals surface area contributed by atoms with E-state index in [1.165, 1.54) is 0 Å². The number of aliphatic hydroxyl groups is 3. The molecule has 0 fully saturated rings. The molecule has 16 heteroatoms. The molecule has 0 atom stereocenters. The van der Waals surface area contributed by atoms with Crippen LogP contribution in [0.1, 0.15) is 0 Å². The molecule has 0 unspecified atom stereocenters. The second-order valence-electron chi connectivity index (χ2n) is 5.52. The van der Waals surface area contributed by atoms with Crippen molar-refractivity contribution in [3.05, 3.63) is 0 Å². The quantitative estimate of drug-likeness (QED) is 0.0942. The molecule has 16 nitrogen and oxygen atoms in total. The number of nitrogens with zero attached hydrogens (tertiary/aromatic N) is 2. The van der Waals surface area contributed by atoms with E-state index in [-0.39, 0.29) is 33.3 Å². The summed E-state index contributed by atoms with van der Waals surface area (Å²) >= 11 is 0. The molecular formula is C14H29N5O11. The van der Waals surface area contributed by atoms with Gasteiger partial charge in [0, 0.05) is 13.1 Å². The van der Waals surface area contributed by atoms with Gasteiger partial charge in [-0.05, 0) is 0 Å². The second-order valence-corrected chi connectivity index (χ2v) is 5.52. The second kappa shape index (κ2) is 18.6. The zero-order chi connectivity index (χ0) is 23.5. The largest absolute Gasteiger partial charge is 0.480 e. The highest BCUT2D eigenvalue weighted by Gasteiger charge is 2.18. The van der Waals surface area contributed by atoms with E-state index in [1.54, 1.807) is 0 Å². The van der Waals surface area contributed by atoms with Gasteiger partial charge in [-0.15, -0.1) is 0 Å². The van der Waals surface area contributed by atoms with Gasteiger partial charge in [-0.2, -0.15) is 0 Å². The Morgan fingerprint density at radius 3 is 0.967 bits per heavy atom. The van der Waals surface area contributed by atoms with Crippen LogP contribution in [0.25, 0.3) is 0 Å². The summed E-state index contributed by atoms with van der Waals surface area (Å²) in [5.74, 6) is -4.91. The predicted octanol–water partition coefficient (Wildman–Crippen LogP) is -5.18. The third-order valence-electron chi connectivity index (χ3n) is 3.05. The molecule has 0 aliphatic rings. The lowest BCUT2D eigenvalue weighted by atomic mass is 10.4. The maximum atomic E-state index is 10.6. The van der Waals surface area contributed by atoms with Crippen molar-refractivity contribution in [3.8, 4) is 0 Å². The zero-order valence-electron chi connectivity index (χ0n) is 16.1. The number of carboxylic acid groups (broad SMARTS) is 4. The van der Waals surface area contributed by atoms with Gasteiger partial charge >= 0.3 is 23.9 Å². The van der Waals surface area contributed by atoms with Crippen molar-refractivity contribution < 1.29 is 54.9 Å². The summed E-state index contributed by atoms with van der Waals surface area (Å²) in [5.41, 5.74) is 0. The van der Waals surface area contributed by atoms with Crippen LogP contribution in [0.5, 0.6) is 0 Å². The lowest BCUT2D eigenvalue weighted by Gasteiger charge is -2.23. The minimum Gasteiger partial charge on any atom is -0.480 e. The van der Waals surface area contributed by atoms with Gasteiger partial charge in [-0.25, -0.2) is 0 Å². The molecule has 0 aliphatic carbocycles. The molecule has 0 rings (SSSR count). The maximum Gasteiger partial charge on any atom is 0.317 e. The summed E-state index contributed by atoms with van der Waals surface area (Å²) in [5, 5.41) is 67.0. The molecule has 10 N–H and O–H groups in total. The van der Waals surface area contributed by atoms with Crippen molar-refractivity contribution in [2.75, 3.05) is 59.5 Å². The van der Waals surface area contributed by atoms with Crippen LogP contribution in [-0.2, 0) is 19.2 Å². The van der Waals surface area contributed by atoms with Crippen LogP contribution in [0.2, 0.25) is 0 Å². The molecule has 0 bridgehead atoms. The average Bonchev–Trinajstić information content (AvgIpc) is 2.59. The summed E-state index contributed by atoms with van der Waals surface area (Å²) in [6.07, 6.45) is -0.472. The fourth-order valence-corrected chi connectivity index (χ4v) is 1.97. The van der Waals surface area contributed by atoms with Crippen molar-refractivity contribution >= 4 is 23.9 Å². The van der Waals surface area contributed by atoms with E-state index >= 15 is 0 Å². The van der Waals surface area contributed by atoms with Gasteiger partial charge in [0.15, 0.2) is 0 Å². The summed E-state index contributed by atoms with van der Waals surface area (Å²) < 4.78 is 0. The Balaban J connectivity index is 0. The number of rotatable bonds is 17. The first-order chi connectivity index (χ1) is 14.0. The molecule has 0 saturated carbocycles. The number of carbonyl (C=O) groups is 4. The van der Waals surface area contributed by atoms with Crippen LogP contribution in [0.3, 0.4) is 0 Å². The average molecular weight is 443 g/mol. The molecule has 0 aromatic carbocycles. The van der Waals surface area contributed by atoms with Crippen molar-refractivity contribution in [2.24, 2.45) is 0 Å². The molecule has 0 aliphatic heterocycles. The number of aliphatic carboxylic acids is 4. The molecular weight excluding hydrogens is 414 g/mol. The number of carboxylic acids is 4. The fourth-order valence-electron chi connectivity index (χ4n) is 1.97. The van der Waals surface area contributed by atoms with Crippen molar-refractivity contribution in [3.63, 3.8) is 0 Å². The summed E-state index contributed by atoms with van der Waals surface area (Å²) in [4.78, 5) is 44.4. The zero-order valence-corrected chi connectivity index (χ0v) is 16.1. The molecule has 176 valence electrons. The van der Waals surface area contributed by atoms with E-state index in [4.69, 9.17) is 35.7 Å². The normalized spacial score (nSPS) is 10.7. The predicted molar refractivity (Wildman–Crippen MR) is 97.9 cm³/mol. The van der Waals surface area contributed by atoms with Gasteiger partial charge in [0.2, 0.25) is 0 Å². The number of nitrogens with one attached hydrogen (secondary N) is 3. The topological polar surface area (TPSA) is 252 Å². The number of hydrogen-bond acceptors (Lipinski definition) is 12. The van der Waals surface area contributed by atoms with Gasteiger partial charge in [0.05, 0.1) is 46.4 Å². The first-order valence-corrected chi connectivity index (χ1v) is 8.40. The van der Waals surface area contributed by atoms with E-state index < -0.39 is 56.3 Å². The molecule has 0 radical (unpaired) electrons. The molecule has 0 aromatic heterocycles. The maximum absolute atomic E-state index is 10.6. The third-order valence-corrected chi connectivity index (χ3v) is 3.05. The Morgan fingerprint density at radius 2 is 0.800 bits per heavy atom. The van der Waals surface area contributed by atoms with E-state index in [0.717, 1.165) is 9.80 Å². The number of hydrogen-bond donors (Lipinski definition) is 10. The Kier molecular flexibility index (Phi) is 18.4. The van der Waals surface area contributed by atoms with Gasteiger partial charge in [-0.1, -0.05) is 0 Å². The highest BCUT2D eigenvalue weighted by molar-refractivity contribution is 5.73. The SMILES string of the molecule is O=C(O)CN(CCN(CC(=O)O)CC(=O)O)CC(=O)O.OCNC(NCO)NCO. The van der Waals surface area contributed by atoms with Crippen LogP contribution in [0.15, 0.2) is 0 Å². The molecule has 0 aromatic rings. The molecule has 0 saturated heterocycles. The monoisotopic (exact) mass is 443 g/mol. The van der Waals surface area contributed by atoms with E-state index in [1.807, 2.05) is 0 Å². The van der Waals surface area contributed by atoms with Crippen molar-refractivity contribution in [1.82, 2.24) is 25.8 Å². The lowest BCUT2D eigenvalue weighted by molar-refractivity contribution is -0.145. The fraction of sp³-hybridized carbons (Fsp3) is 0.714. The van der Waals surface area contributed by atoms with E-state index in [2.05, 4.69) is 16.0 Å². The summed E-state index contributed by atoms with van der Waals surface area (Å²) in [7, 11) is 0. The Bertz CT molecular complexity index is 440. The molecule has 0 heterocycles. The minimum absolute atomic E-state index is 0.0703. The highest BCUT2D eigenvalue weighted by Crippen LogP contribution is 1.94. The highest BCUT2D eigenvalue weighted by atomic mass is 16.4. The van der Waals surface area contributed by atoms with Crippen molar-refractivity contribution in [2.45, 2.75) is 6.29 Å². The molecule has 0 amide bonds. The van der Waals surface area contributed by atoms with E-state index in [9.17, 15) is 19.2 Å².